The van der Waals surface area contributed by atoms with Crippen LogP contribution in [0.5, 0.6) is 23.0 Å². The van der Waals surface area contributed by atoms with Gasteiger partial charge in [-0.15, -0.1) is 0 Å². The molecule has 0 aliphatic carbocycles. The van der Waals surface area contributed by atoms with Gasteiger partial charge in [0.15, 0.2) is 0 Å². The van der Waals surface area contributed by atoms with Gasteiger partial charge in [-0.3, -0.25) is 18.9 Å². The first kappa shape index (κ1) is 40.2. The van der Waals surface area contributed by atoms with E-state index in [0.717, 1.165) is 15.9 Å². The van der Waals surface area contributed by atoms with Crippen LogP contribution < -0.4 is 5.73 Å². The molecule has 0 fully saturated rings. The van der Waals surface area contributed by atoms with Crippen molar-refractivity contribution in [3.63, 3.8) is 0 Å². The van der Waals surface area contributed by atoms with Gasteiger partial charge in [0.1, 0.15) is 35.6 Å². The number of phenolic OH excluding ortho intramolecular Hbond substituents is 2. The third-order valence-corrected chi connectivity index (χ3v) is 8.46. The van der Waals surface area contributed by atoms with Crippen molar-refractivity contribution >= 4 is 15.2 Å². The second-order valence-corrected chi connectivity index (χ2v) is 13.4. The van der Waals surface area contributed by atoms with Crippen LogP contribution in [-0.2, 0) is 52.5 Å². The number of aliphatic hydroxyl groups excluding tert-OH is 3. The SMILES string of the molecule is NCCCCC(C(CO)N(Cc1c(O)ccc(CO)c1O)CP(=O)(O)O)N(Cc1c(O)ccc(CO)c1O)CP(=O)(O)O.[Fe]. The second kappa shape index (κ2) is 17.8. The van der Waals surface area contributed by atoms with Gasteiger partial charge in [0.05, 0.1) is 30.9 Å². The molecular weight excluding hydrogens is 668 g/mol. The summed E-state index contributed by atoms with van der Waals surface area (Å²) in [5.41, 5.74) is 5.22. The third-order valence-electron chi connectivity index (χ3n) is 7.00. The largest absolute Gasteiger partial charge is 0.507 e. The topological polar surface area (TPSA) is 289 Å². The van der Waals surface area contributed by atoms with Gasteiger partial charge >= 0.3 is 15.2 Å². The summed E-state index contributed by atoms with van der Waals surface area (Å²) in [4.78, 5) is 41.9. The molecule has 252 valence electrons. The first-order valence-electron chi connectivity index (χ1n) is 13.2. The number of aromatic hydroxyl groups is 4. The van der Waals surface area contributed by atoms with Crippen LogP contribution in [-0.4, -0.2) is 103 Å². The normalized spacial score (nSPS) is 13.7. The van der Waals surface area contributed by atoms with Gasteiger partial charge in [0, 0.05) is 53.4 Å². The van der Waals surface area contributed by atoms with E-state index in [-0.39, 0.29) is 52.3 Å². The molecule has 44 heavy (non-hydrogen) atoms. The molecule has 2 rings (SSSR count). The van der Waals surface area contributed by atoms with E-state index in [0.29, 0.717) is 12.8 Å². The van der Waals surface area contributed by atoms with E-state index in [4.69, 9.17) is 5.73 Å². The molecule has 0 spiro atoms. The first-order chi connectivity index (χ1) is 20.1. The standard InChI is InChI=1S/C25H41N3O13P2.Fe/c26-8-2-1-3-20(27(14-42(36,37)38)9-18-22(32)6-4-16(11-29)24(18)34)21(13-31)28(15-43(39,40)41)10-19-23(33)7-5-17(12-30)25(19)35;/h4-7,20-21,29-35H,1-3,8-15,26H2,(H2,36,37,38)(H2,39,40,41);. The first-order valence-corrected chi connectivity index (χ1v) is 16.8. The number of phenols is 4. The Bertz CT molecular complexity index is 1310. The van der Waals surface area contributed by atoms with Crippen molar-refractivity contribution in [2.24, 2.45) is 5.73 Å². The van der Waals surface area contributed by atoms with Gasteiger partial charge in [-0.05, 0) is 43.7 Å². The summed E-state index contributed by atoms with van der Waals surface area (Å²) in [6.07, 6.45) is -1.19. The molecule has 2 unspecified atom stereocenters. The molecular formula is C25H41FeN3O13P2. The zero-order valence-electron chi connectivity index (χ0n) is 23.7. The van der Waals surface area contributed by atoms with Gasteiger partial charge in [0.2, 0.25) is 0 Å². The van der Waals surface area contributed by atoms with Crippen molar-refractivity contribution in [2.75, 3.05) is 25.7 Å². The van der Waals surface area contributed by atoms with E-state index in [1.54, 1.807) is 0 Å². The molecule has 2 aromatic carbocycles. The van der Waals surface area contributed by atoms with Crippen molar-refractivity contribution in [1.82, 2.24) is 9.80 Å². The number of benzene rings is 2. The molecule has 0 amide bonds. The molecule has 13 N–H and O–H groups in total. The van der Waals surface area contributed by atoms with Crippen LogP contribution >= 0.6 is 15.2 Å². The number of nitrogens with zero attached hydrogens (tertiary/aromatic N) is 2. The molecule has 0 aliphatic heterocycles. The van der Waals surface area contributed by atoms with Crippen LogP contribution in [0.1, 0.15) is 41.5 Å². The van der Waals surface area contributed by atoms with Crippen LogP contribution in [0.3, 0.4) is 0 Å². The Kier molecular flexibility index (Phi) is 16.3. The fraction of sp³-hybridized carbons (Fsp3) is 0.520. The summed E-state index contributed by atoms with van der Waals surface area (Å²) in [7, 11) is -9.80. The van der Waals surface area contributed by atoms with Crippen LogP contribution in [0.15, 0.2) is 24.3 Å². The maximum absolute atomic E-state index is 12.3. The molecule has 0 saturated heterocycles. The Morgan fingerprint density at radius 1 is 0.682 bits per heavy atom. The van der Waals surface area contributed by atoms with E-state index >= 15 is 0 Å². The number of hydrogen-bond donors (Lipinski definition) is 12. The van der Waals surface area contributed by atoms with Gasteiger partial charge < -0.3 is 61.1 Å². The van der Waals surface area contributed by atoms with Gasteiger partial charge in [0.25, 0.3) is 0 Å². The molecule has 0 saturated carbocycles. The van der Waals surface area contributed by atoms with Crippen molar-refractivity contribution < 1.29 is 81.5 Å². The summed E-state index contributed by atoms with van der Waals surface area (Å²) in [6.45, 7) is -2.95. The predicted molar refractivity (Wildman–Crippen MR) is 154 cm³/mol. The van der Waals surface area contributed by atoms with E-state index in [9.17, 15) is 64.4 Å². The van der Waals surface area contributed by atoms with E-state index in [1.165, 1.54) is 18.2 Å². The van der Waals surface area contributed by atoms with Crippen LogP contribution in [0.4, 0.5) is 0 Å². The Morgan fingerprint density at radius 3 is 1.43 bits per heavy atom. The number of aliphatic hydroxyl groups is 3. The minimum Gasteiger partial charge on any atom is -0.507 e. The zero-order chi connectivity index (χ0) is 32.5. The predicted octanol–water partition coefficient (Wildman–Crippen LogP) is -0.0758. The van der Waals surface area contributed by atoms with Crippen molar-refractivity contribution in [1.29, 1.82) is 0 Å². The fourth-order valence-electron chi connectivity index (χ4n) is 4.94. The van der Waals surface area contributed by atoms with Gasteiger partial charge in [-0.25, -0.2) is 0 Å². The molecule has 19 heteroatoms. The Hall–Kier alpha value is -1.78. The Balaban J connectivity index is 0.00000968. The average Bonchev–Trinajstić information content (AvgIpc) is 2.90. The van der Waals surface area contributed by atoms with E-state index < -0.39 is 95.8 Å². The fourth-order valence-corrected chi connectivity index (χ4v) is 6.50. The average molecular weight is 709 g/mol. The molecule has 0 radical (unpaired) electrons. The van der Waals surface area contributed by atoms with Crippen molar-refractivity contribution in [3.8, 4) is 23.0 Å². The minimum atomic E-state index is -4.91. The number of unbranched alkanes of at least 4 members (excludes halogenated alkanes) is 1. The molecule has 2 aromatic rings. The monoisotopic (exact) mass is 709 g/mol. The van der Waals surface area contributed by atoms with Gasteiger partial charge in [-0.1, -0.05) is 6.42 Å². The third kappa shape index (κ3) is 11.5. The molecule has 0 heterocycles. The summed E-state index contributed by atoms with van der Waals surface area (Å²) in [6, 6.07) is 2.36. The van der Waals surface area contributed by atoms with E-state index in [1.807, 2.05) is 0 Å². The summed E-state index contributed by atoms with van der Waals surface area (Å²) in [5.74, 6) is -2.04. The summed E-state index contributed by atoms with van der Waals surface area (Å²) < 4.78 is 24.5. The van der Waals surface area contributed by atoms with Crippen molar-refractivity contribution in [2.45, 2.75) is 57.6 Å². The maximum Gasteiger partial charge on any atom is 0.339 e. The van der Waals surface area contributed by atoms with E-state index in [2.05, 4.69) is 0 Å². The van der Waals surface area contributed by atoms with Crippen LogP contribution in [0.2, 0.25) is 0 Å². The molecule has 0 aliphatic rings. The smallest absolute Gasteiger partial charge is 0.339 e. The van der Waals surface area contributed by atoms with Gasteiger partial charge in [-0.2, -0.15) is 0 Å². The zero-order valence-corrected chi connectivity index (χ0v) is 26.6. The molecule has 0 bridgehead atoms. The Labute approximate surface area is 264 Å². The quantitative estimate of drug-likeness (QED) is 0.0548. The molecule has 16 nitrogen and oxygen atoms in total. The van der Waals surface area contributed by atoms with Crippen molar-refractivity contribution in [3.05, 3.63) is 46.5 Å². The maximum atomic E-state index is 12.3. The Morgan fingerprint density at radius 2 is 1.09 bits per heavy atom. The number of hydrogen-bond acceptors (Lipinski definition) is 12. The van der Waals surface area contributed by atoms with Crippen LogP contribution in [0, 0.1) is 0 Å². The summed E-state index contributed by atoms with van der Waals surface area (Å²) >= 11 is 0. The second-order valence-electron chi connectivity index (χ2n) is 10.2. The molecule has 0 aromatic heterocycles. The molecule has 2 atom stereocenters. The minimum absolute atomic E-state index is 0. The number of nitrogens with two attached hydrogens (primary N) is 1. The van der Waals surface area contributed by atoms with Crippen LogP contribution in [0.25, 0.3) is 0 Å². The number of rotatable bonds is 18. The summed E-state index contributed by atoms with van der Waals surface area (Å²) in [5, 5.41) is 72.0.